The molecule has 0 amide bonds. The fourth-order valence-corrected chi connectivity index (χ4v) is 4.09. The highest BCUT2D eigenvalue weighted by molar-refractivity contribution is 7.15. The lowest BCUT2D eigenvalue weighted by molar-refractivity contribution is 0.425. The zero-order chi connectivity index (χ0) is 15.0. The lowest BCUT2D eigenvalue weighted by Crippen LogP contribution is -2.35. The number of nitrogens with one attached hydrogen (secondary N) is 1. The van der Waals surface area contributed by atoms with Gasteiger partial charge in [-0.2, -0.15) is 0 Å². The van der Waals surface area contributed by atoms with Crippen molar-refractivity contribution in [2.75, 3.05) is 18.0 Å². The van der Waals surface area contributed by atoms with Gasteiger partial charge in [-0.1, -0.05) is 13.3 Å². The smallest absolute Gasteiger partial charge is 0.185 e. The zero-order valence-corrected chi connectivity index (χ0v) is 14.7. The van der Waals surface area contributed by atoms with Gasteiger partial charge in [-0.3, -0.25) is 0 Å². The van der Waals surface area contributed by atoms with Gasteiger partial charge < -0.3 is 10.2 Å². The zero-order valence-electron chi connectivity index (χ0n) is 13.9. The average molecular weight is 308 g/mol. The minimum atomic E-state index is 0.173. The maximum atomic E-state index is 5.03. The predicted octanol–water partition coefficient (Wildman–Crippen LogP) is 4.14. The van der Waals surface area contributed by atoms with Crippen molar-refractivity contribution in [1.29, 1.82) is 0 Å². The lowest BCUT2D eigenvalue weighted by Gasteiger charge is -2.20. The predicted molar refractivity (Wildman–Crippen MR) is 91.3 cm³/mol. The van der Waals surface area contributed by atoms with Gasteiger partial charge in [-0.15, -0.1) is 11.3 Å². The monoisotopic (exact) mass is 307 g/mol. The second-order valence-corrected chi connectivity index (χ2v) is 8.75. The third kappa shape index (κ3) is 3.78. The van der Waals surface area contributed by atoms with Crippen molar-refractivity contribution in [3.05, 3.63) is 10.6 Å². The molecule has 0 bridgehead atoms. The first-order valence-corrected chi connectivity index (χ1v) is 9.27. The summed E-state index contributed by atoms with van der Waals surface area (Å²) in [5.74, 6) is 1.62. The number of thiazole rings is 1. The van der Waals surface area contributed by atoms with Gasteiger partial charge in [0, 0.05) is 36.0 Å². The molecule has 3 nitrogen and oxygen atoms in total. The van der Waals surface area contributed by atoms with Crippen LogP contribution in [0.2, 0.25) is 0 Å². The molecule has 2 heterocycles. The van der Waals surface area contributed by atoms with E-state index in [4.69, 9.17) is 4.98 Å². The second-order valence-electron chi connectivity index (χ2n) is 7.69. The summed E-state index contributed by atoms with van der Waals surface area (Å²) in [6.45, 7) is 12.4. The number of nitrogens with zero attached hydrogens (tertiary/aromatic N) is 2. The molecular weight excluding hydrogens is 278 g/mol. The molecule has 1 aliphatic heterocycles. The molecule has 0 spiro atoms. The Kier molecular flexibility index (Phi) is 4.28. The highest BCUT2D eigenvalue weighted by Crippen LogP contribution is 2.44. The quantitative estimate of drug-likeness (QED) is 0.886. The van der Waals surface area contributed by atoms with Crippen LogP contribution in [0, 0.1) is 5.92 Å². The van der Waals surface area contributed by atoms with Crippen LogP contribution < -0.4 is 10.2 Å². The normalized spacial score (nSPS) is 23.0. The van der Waals surface area contributed by atoms with Crippen LogP contribution in [0.3, 0.4) is 0 Å². The Morgan fingerprint density at radius 3 is 2.62 bits per heavy atom. The maximum absolute atomic E-state index is 5.03. The van der Waals surface area contributed by atoms with Crippen molar-refractivity contribution < 1.29 is 0 Å². The molecule has 1 aromatic heterocycles. The topological polar surface area (TPSA) is 28.2 Å². The molecule has 1 atom stereocenters. The van der Waals surface area contributed by atoms with Crippen molar-refractivity contribution in [3.8, 4) is 0 Å². The molecule has 2 aliphatic rings. The largest absolute Gasteiger partial charge is 0.348 e. The highest BCUT2D eigenvalue weighted by Gasteiger charge is 2.32. The summed E-state index contributed by atoms with van der Waals surface area (Å²) in [6, 6.07) is 0. The second kappa shape index (κ2) is 5.88. The highest BCUT2D eigenvalue weighted by atomic mass is 32.1. The SMILES string of the molecule is CCC1CCN(c2nc(C3CC3)c(CNC(C)(C)C)s2)C1. The summed E-state index contributed by atoms with van der Waals surface area (Å²) < 4.78 is 0. The average Bonchev–Trinajstić information content (AvgIpc) is 3.01. The minimum absolute atomic E-state index is 0.173. The van der Waals surface area contributed by atoms with E-state index in [9.17, 15) is 0 Å². The van der Waals surface area contributed by atoms with Crippen LogP contribution in [0.25, 0.3) is 0 Å². The van der Waals surface area contributed by atoms with E-state index in [0.717, 1.165) is 18.4 Å². The first-order valence-electron chi connectivity index (χ1n) is 8.46. The van der Waals surface area contributed by atoms with Gasteiger partial charge in [0.15, 0.2) is 5.13 Å². The van der Waals surface area contributed by atoms with Gasteiger partial charge in [0.25, 0.3) is 0 Å². The van der Waals surface area contributed by atoms with E-state index < -0.39 is 0 Å². The van der Waals surface area contributed by atoms with Crippen molar-refractivity contribution in [2.45, 2.75) is 71.4 Å². The van der Waals surface area contributed by atoms with E-state index in [1.54, 1.807) is 0 Å². The van der Waals surface area contributed by atoms with Gasteiger partial charge in [-0.05, 0) is 46.0 Å². The number of anilines is 1. The van der Waals surface area contributed by atoms with Crippen molar-refractivity contribution in [2.24, 2.45) is 5.92 Å². The summed E-state index contributed by atoms with van der Waals surface area (Å²) in [4.78, 5) is 9.02. The van der Waals surface area contributed by atoms with E-state index in [1.165, 1.54) is 54.5 Å². The molecule has 0 aromatic carbocycles. The van der Waals surface area contributed by atoms with Gasteiger partial charge in [0.1, 0.15) is 0 Å². The molecule has 4 heteroatoms. The Labute approximate surface area is 133 Å². The maximum Gasteiger partial charge on any atom is 0.185 e. The molecule has 21 heavy (non-hydrogen) atoms. The van der Waals surface area contributed by atoms with Crippen LogP contribution >= 0.6 is 11.3 Å². The van der Waals surface area contributed by atoms with Crippen molar-refractivity contribution in [3.63, 3.8) is 0 Å². The van der Waals surface area contributed by atoms with Crippen LogP contribution in [-0.2, 0) is 6.54 Å². The molecule has 1 saturated heterocycles. The van der Waals surface area contributed by atoms with E-state index in [-0.39, 0.29) is 5.54 Å². The third-order valence-corrected chi connectivity index (χ3v) is 5.73. The van der Waals surface area contributed by atoms with Crippen molar-refractivity contribution >= 4 is 16.5 Å². The Morgan fingerprint density at radius 1 is 1.29 bits per heavy atom. The summed E-state index contributed by atoms with van der Waals surface area (Å²) in [5, 5.41) is 4.91. The van der Waals surface area contributed by atoms with E-state index in [2.05, 4.69) is 37.9 Å². The number of hydrogen-bond acceptors (Lipinski definition) is 4. The van der Waals surface area contributed by atoms with Crippen LogP contribution in [0.1, 0.15) is 69.9 Å². The minimum Gasteiger partial charge on any atom is -0.348 e. The fraction of sp³-hybridized carbons (Fsp3) is 0.824. The number of rotatable bonds is 5. The van der Waals surface area contributed by atoms with Gasteiger partial charge in [0.05, 0.1) is 5.69 Å². The van der Waals surface area contributed by atoms with E-state index in [1.807, 2.05) is 11.3 Å². The van der Waals surface area contributed by atoms with Crippen LogP contribution in [0.15, 0.2) is 0 Å². The molecule has 1 aromatic rings. The van der Waals surface area contributed by atoms with Crippen molar-refractivity contribution in [1.82, 2.24) is 10.3 Å². The van der Waals surface area contributed by atoms with Gasteiger partial charge in [0.2, 0.25) is 0 Å². The molecule has 1 unspecified atom stereocenters. The molecule has 1 N–H and O–H groups in total. The summed E-state index contributed by atoms with van der Waals surface area (Å²) in [7, 11) is 0. The van der Waals surface area contributed by atoms with Crippen LogP contribution in [0.5, 0.6) is 0 Å². The first kappa shape index (κ1) is 15.3. The Balaban J connectivity index is 1.73. The summed E-state index contributed by atoms with van der Waals surface area (Å²) in [5.41, 5.74) is 1.57. The van der Waals surface area contributed by atoms with Gasteiger partial charge >= 0.3 is 0 Å². The Morgan fingerprint density at radius 2 is 2.05 bits per heavy atom. The molecule has 3 rings (SSSR count). The molecule has 1 aliphatic carbocycles. The Hall–Kier alpha value is -0.610. The lowest BCUT2D eigenvalue weighted by atomic mass is 10.1. The Bertz CT molecular complexity index is 485. The summed E-state index contributed by atoms with van der Waals surface area (Å²) in [6.07, 6.45) is 5.31. The first-order chi connectivity index (χ1) is 9.96. The molecular formula is C17H29N3S. The number of hydrogen-bond donors (Lipinski definition) is 1. The summed E-state index contributed by atoms with van der Waals surface area (Å²) >= 11 is 1.93. The fourth-order valence-electron chi connectivity index (χ4n) is 2.97. The number of aromatic nitrogens is 1. The van der Waals surface area contributed by atoms with Crippen LogP contribution in [0.4, 0.5) is 5.13 Å². The third-order valence-electron chi connectivity index (χ3n) is 4.59. The van der Waals surface area contributed by atoms with Gasteiger partial charge in [-0.25, -0.2) is 4.98 Å². The van der Waals surface area contributed by atoms with E-state index in [0.29, 0.717) is 0 Å². The molecule has 118 valence electrons. The molecule has 2 fully saturated rings. The standard InChI is InChI=1S/C17H29N3S/c1-5-12-8-9-20(11-12)16-19-15(13-6-7-13)14(21-16)10-18-17(2,3)4/h12-13,18H,5-11H2,1-4H3. The van der Waals surface area contributed by atoms with Crippen LogP contribution in [-0.4, -0.2) is 23.6 Å². The molecule has 0 radical (unpaired) electrons. The molecule has 1 saturated carbocycles. The van der Waals surface area contributed by atoms with E-state index >= 15 is 0 Å².